The maximum absolute atomic E-state index is 10.2. The summed E-state index contributed by atoms with van der Waals surface area (Å²) in [6.07, 6.45) is 22.7. The Kier molecular flexibility index (Phi) is 25.6. The van der Waals surface area contributed by atoms with Crippen LogP contribution < -0.4 is 0 Å². The summed E-state index contributed by atoms with van der Waals surface area (Å²) in [4.78, 5) is 0. The topological polar surface area (TPSA) is 140 Å². The van der Waals surface area contributed by atoms with Gasteiger partial charge in [-0.2, -0.15) is 0 Å². The first-order chi connectivity index (χ1) is 20.4. The highest BCUT2D eigenvalue weighted by atomic mass is 16.7. The van der Waals surface area contributed by atoms with Gasteiger partial charge in [0, 0.05) is 0 Å². The van der Waals surface area contributed by atoms with Gasteiger partial charge in [-0.25, -0.2) is 0 Å². The summed E-state index contributed by atoms with van der Waals surface area (Å²) >= 11 is 0. The molecule has 1 aliphatic rings. The van der Waals surface area contributed by atoms with E-state index in [-0.39, 0.29) is 12.7 Å². The summed E-state index contributed by atoms with van der Waals surface area (Å²) in [6, 6.07) is 0. The van der Waals surface area contributed by atoms with E-state index >= 15 is 0 Å². The standard InChI is InChI=1S/C34H68O8/c1-28(36)23-21-19-17-15-13-11-9-7-5-3-2-4-6-8-10-12-14-16-18-20-22-24-29(37)25-26-41-34-33(40)32(39)31(38)30(27-35)42-34/h28-40H,2-27H2,1H3/t28-,29+,30-,31-,32+,33-,34+/m1/s1. The molecule has 1 saturated heterocycles. The number of aliphatic hydroxyl groups is 6. The summed E-state index contributed by atoms with van der Waals surface area (Å²) in [5, 5.41) is 58.3. The lowest BCUT2D eigenvalue weighted by molar-refractivity contribution is -0.301. The molecule has 0 spiro atoms. The fourth-order valence-corrected chi connectivity index (χ4v) is 5.85. The lowest BCUT2D eigenvalue weighted by atomic mass is 9.99. The van der Waals surface area contributed by atoms with Gasteiger partial charge in [0.15, 0.2) is 6.29 Å². The minimum atomic E-state index is -1.44. The molecule has 8 heteroatoms. The molecule has 7 atom stereocenters. The van der Waals surface area contributed by atoms with E-state index in [4.69, 9.17) is 9.47 Å². The molecule has 252 valence electrons. The Bertz CT molecular complexity index is 576. The summed E-state index contributed by atoms with van der Waals surface area (Å²) in [5.41, 5.74) is 0. The molecule has 1 fully saturated rings. The van der Waals surface area contributed by atoms with Crippen LogP contribution in [0.1, 0.15) is 161 Å². The largest absolute Gasteiger partial charge is 0.394 e. The third kappa shape index (κ3) is 20.6. The van der Waals surface area contributed by atoms with Crippen LogP contribution >= 0.6 is 0 Å². The van der Waals surface area contributed by atoms with Crippen LogP contribution in [0.4, 0.5) is 0 Å². The first kappa shape index (κ1) is 39.7. The Labute approximate surface area is 257 Å². The second-order valence-electron chi connectivity index (χ2n) is 12.9. The third-order valence-electron chi connectivity index (χ3n) is 8.74. The highest BCUT2D eigenvalue weighted by Gasteiger charge is 2.43. The Balaban J connectivity index is 1.78. The lowest BCUT2D eigenvalue weighted by Gasteiger charge is -2.39. The van der Waals surface area contributed by atoms with E-state index in [2.05, 4.69) is 0 Å². The van der Waals surface area contributed by atoms with Crippen molar-refractivity contribution in [2.75, 3.05) is 13.2 Å². The minimum Gasteiger partial charge on any atom is -0.394 e. The van der Waals surface area contributed by atoms with Gasteiger partial charge in [0.2, 0.25) is 0 Å². The monoisotopic (exact) mass is 604 g/mol. The molecule has 0 aromatic heterocycles. The van der Waals surface area contributed by atoms with Crippen LogP contribution in [0.25, 0.3) is 0 Å². The first-order valence-corrected chi connectivity index (χ1v) is 17.6. The SMILES string of the molecule is C[C@@H](O)CCCCCCCCCCCCCCCCCCCCCCC[C@H](O)CCO[C@H]1O[C@H](CO)[C@@H](O)[C@H](O)[C@H]1O. The van der Waals surface area contributed by atoms with Crippen molar-refractivity contribution in [1.29, 1.82) is 0 Å². The summed E-state index contributed by atoms with van der Waals surface area (Å²) in [7, 11) is 0. The molecule has 1 aliphatic heterocycles. The average Bonchev–Trinajstić information content (AvgIpc) is 2.97. The Morgan fingerprint density at radius 1 is 0.524 bits per heavy atom. The number of unbranched alkanes of at least 4 members (excludes halogenated alkanes) is 20. The van der Waals surface area contributed by atoms with Crippen LogP contribution in [0.3, 0.4) is 0 Å². The number of hydrogen-bond acceptors (Lipinski definition) is 8. The Hall–Kier alpha value is -0.320. The molecule has 0 radical (unpaired) electrons. The maximum Gasteiger partial charge on any atom is 0.186 e. The summed E-state index contributed by atoms with van der Waals surface area (Å²) in [6.45, 7) is 1.56. The molecule has 42 heavy (non-hydrogen) atoms. The van der Waals surface area contributed by atoms with Gasteiger partial charge in [-0.3, -0.25) is 0 Å². The fourth-order valence-electron chi connectivity index (χ4n) is 5.85. The van der Waals surface area contributed by atoms with E-state index in [0.29, 0.717) is 12.8 Å². The van der Waals surface area contributed by atoms with E-state index in [0.717, 1.165) is 19.3 Å². The Morgan fingerprint density at radius 3 is 1.29 bits per heavy atom. The van der Waals surface area contributed by atoms with Gasteiger partial charge < -0.3 is 40.1 Å². The number of aliphatic hydroxyl groups excluding tert-OH is 6. The zero-order valence-electron chi connectivity index (χ0n) is 26.9. The lowest BCUT2D eigenvalue weighted by Crippen LogP contribution is -2.59. The minimum absolute atomic E-state index is 0.131. The van der Waals surface area contributed by atoms with Crippen LogP contribution in [0.5, 0.6) is 0 Å². The van der Waals surface area contributed by atoms with Crippen molar-refractivity contribution in [2.45, 2.75) is 204 Å². The van der Waals surface area contributed by atoms with E-state index in [1.54, 1.807) is 0 Å². The highest BCUT2D eigenvalue weighted by molar-refractivity contribution is 4.88. The van der Waals surface area contributed by atoms with Gasteiger partial charge in [0.25, 0.3) is 0 Å². The van der Waals surface area contributed by atoms with Crippen LogP contribution in [0.2, 0.25) is 0 Å². The van der Waals surface area contributed by atoms with Crippen molar-refractivity contribution in [3.8, 4) is 0 Å². The van der Waals surface area contributed by atoms with E-state index < -0.39 is 43.4 Å². The molecule has 0 bridgehead atoms. The van der Waals surface area contributed by atoms with Crippen molar-refractivity contribution in [2.24, 2.45) is 0 Å². The fraction of sp³-hybridized carbons (Fsp3) is 1.00. The molecule has 0 saturated carbocycles. The van der Waals surface area contributed by atoms with Gasteiger partial charge in [0.05, 0.1) is 25.4 Å². The van der Waals surface area contributed by atoms with Crippen LogP contribution in [0.15, 0.2) is 0 Å². The van der Waals surface area contributed by atoms with Crippen molar-refractivity contribution in [3.63, 3.8) is 0 Å². The quantitative estimate of drug-likeness (QED) is 0.0580. The third-order valence-corrected chi connectivity index (χ3v) is 8.74. The second kappa shape index (κ2) is 27.0. The molecule has 0 amide bonds. The van der Waals surface area contributed by atoms with Crippen molar-refractivity contribution in [1.82, 2.24) is 0 Å². The molecule has 1 heterocycles. The zero-order valence-corrected chi connectivity index (χ0v) is 26.9. The highest BCUT2D eigenvalue weighted by Crippen LogP contribution is 2.22. The molecular weight excluding hydrogens is 536 g/mol. The predicted molar refractivity (Wildman–Crippen MR) is 168 cm³/mol. The normalized spacial score (nSPS) is 24.2. The molecule has 6 N–H and O–H groups in total. The van der Waals surface area contributed by atoms with Crippen molar-refractivity contribution < 1.29 is 40.1 Å². The van der Waals surface area contributed by atoms with E-state index in [1.807, 2.05) is 6.92 Å². The molecule has 8 nitrogen and oxygen atoms in total. The molecule has 0 unspecified atom stereocenters. The van der Waals surface area contributed by atoms with Crippen LogP contribution in [-0.2, 0) is 9.47 Å². The zero-order chi connectivity index (χ0) is 30.8. The Morgan fingerprint density at radius 2 is 0.905 bits per heavy atom. The summed E-state index contributed by atoms with van der Waals surface area (Å²) < 4.78 is 10.8. The van der Waals surface area contributed by atoms with Crippen LogP contribution in [0, 0.1) is 0 Å². The smallest absolute Gasteiger partial charge is 0.186 e. The van der Waals surface area contributed by atoms with Gasteiger partial charge >= 0.3 is 0 Å². The number of rotatable bonds is 29. The van der Waals surface area contributed by atoms with Gasteiger partial charge in [-0.1, -0.05) is 135 Å². The van der Waals surface area contributed by atoms with Gasteiger partial charge in [0.1, 0.15) is 24.4 Å². The molecule has 1 rings (SSSR count). The molecule has 0 aromatic rings. The molecular formula is C34H68O8. The van der Waals surface area contributed by atoms with Gasteiger partial charge in [-0.05, 0) is 26.2 Å². The molecule has 0 aliphatic carbocycles. The second-order valence-corrected chi connectivity index (χ2v) is 12.9. The van der Waals surface area contributed by atoms with Crippen LogP contribution in [-0.4, -0.2) is 86.8 Å². The van der Waals surface area contributed by atoms with E-state index in [1.165, 1.54) is 122 Å². The number of hydrogen-bond donors (Lipinski definition) is 6. The van der Waals surface area contributed by atoms with E-state index in [9.17, 15) is 30.6 Å². The number of ether oxygens (including phenoxy) is 2. The summed E-state index contributed by atoms with van der Waals surface area (Å²) in [5.74, 6) is 0. The van der Waals surface area contributed by atoms with Crippen molar-refractivity contribution in [3.05, 3.63) is 0 Å². The molecule has 0 aromatic carbocycles. The predicted octanol–water partition coefficient (Wildman–Crippen LogP) is 5.91. The van der Waals surface area contributed by atoms with Crippen molar-refractivity contribution >= 4 is 0 Å². The van der Waals surface area contributed by atoms with Gasteiger partial charge in [-0.15, -0.1) is 0 Å². The first-order valence-electron chi connectivity index (χ1n) is 17.6. The average molecular weight is 605 g/mol. The maximum atomic E-state index is 10.2.